The molecule has 0 radical (unpaired) electrons. The Hall–Kier alpha value is -0.930. The number of rotatable bonds is 3. The molecule has 1 aliphatic heterocycles. The molecule has 0 aliphatic carbocycles. The fourth-order valence-electron chi connectivity index (χ4n) is 2.17. The first kappa shape index (κ1) is 10.6. The minimum absolute atomic E-state index is 0.421. The highest BCUT2D eigenvalue weighted by molar-refractivity contribution is 5.14. The third-order valence-electron chi connectivity index (χ3n) is 3.08. The first-order valence-corrected chi connectivity index (χ1v) is 5.60. The van der Waals surface area contributed by atoms with Crippen LogP contribution in [0, 0.1) is 0 Å². The number of likely N-dealkylation sites (N-methyl/N-ethyl adjacent to an activating group) is 1. The van der Waals surface area contributed by atoms with E-state index in [2.05, 4.69) is 41.3 Å². The van der Waals surface area contributed by atoms with Crippen molar-refractivity contribution in [1.29, 1.82) is 0 Å². The molecular formula is C12H19N3. The summed E-state index contributed by atoms with van der Waals surface area (Å²) in [5.74, 6) is 0. The third-order valence-corrected chi connectivity index (χ3v) is 3.08. The molecule has 0 spiro atoms. The van der Waals surface area contributed by atoms with Gasteiger partial charge in [0.15, 0.2) is 0 Å². The largest absolute Gasteiger partial charge is 0.306 e. The highest BCUT2D eigenvalue weighted by Crippen LogP contribution is 2.15. The standard InChI is InChI=1S/C12H19N3/c1-10(11-3-6-13-7-4-11)14-12-5-8-15(2)9-12/h3-4,6-7,10,12,14H,5,8-9H2,1-2H3/t10-,12?/m0/s1. The van der Waals surface area contributed by atoms with Gasteiger partial charge in [-0.2, -0.15) is 0 Å². The van der Waals surface area contributed by atoms with Gasteiger partial charge in [-0.3, -0.25) is 4.98 Å². The summed E-state index contributed by atoms with van der Waals surface area (Å²) in [6.45, 7) is 4.59. The Kier molecular flexibility index (Phi) is 3.34. The van der Waals surface area contributed by atoms with Gasteiger partial charge < -0.3 is 10.2 Å². The van der Waals surface area contributed by atoms with Crippen molar-refractivity contribution in [2.75, 3.05) is 20.1 Å². The summed E-state index contributed by atoms with van der Waals surface area (Å²) < 4.78 is 0. The molecule has 1 aromatic heterocycles. The molecule has 2 heterocycles. The molecule has 0 saturated carbocycles. The second kappa shape index (κ2) is 4.73. The molecule has 2 atom stereocenters. The van der Waals surface area contributed by atoms with E-state index in [1.807, 2.05) is 12.4 Å². The quantitative estimate of drug-likeness (QED) is 0.809. The van der Waals surface area contributed by atoms with E-state index in [0.29, 0.717) is 12.1 Å². The van der Waals surface area contributed by atoms with Crippen LogP contribution < -0.4 is 5.32 Å². The van der Waals surface area contributed by atoms with Gasteiger partial charge >= 0.3 is 0 Å². The molecule has 1 saturated heterocycles. The Morgan fingerprint density at radius 1 is 1.47 bits per heavy atom. The van der Waals surface area contributed by atoms with Crippen molar-refractivity contribution < 1.29 is 0 Å². The van der Waals surface area contributed by atoms with Gasteiger partial charge in [0.25, 0.3) is 0 Å². The molecule has 0 bridgehead atoms. The third kappa shape index (κ3) is 2.76. The molecule has 3 heteroatoms. The zero-order valence-corrected chi connectivity index (χ0v) is 9.48. The van der Waals surface area contributed by atoms with Gasteiger partial charge in [-0.25, -0.2) is 0 Å². The van der Waals surface area contributed by atoms with Crippen molar-refractivity contribution in [2.45, 2.75) is 25.4 Å². The van der Waals surface area contributed by atoms with Gasteiger partial charge in [0.1, 0.15) is 0 Å². The zero-order chi connectivity index (χ0) is 10.7. The summed E-state index contributed by atoms with van der Waals surface area (Å²) in [4.78, 5) is 6.41. The molecule has 82 valence electrons. The van der Waals surface area contributed by atoms with Crippen LogP contribution in [0.3, 0.4) is 0 Å². The van der Waals surface area contributed by atoms with Gasteiger partial charge in [0.2, 0.25) is 0 Å². The Balaban J connectivity index is 1.90. The minimum Gasteiger partial charge on any atom is -0.306 e. The molecule has 2 rings (SSSR count). The number of pyridine rings is 1. The maximum absolute atomic E-state index is 4.04. The van der Waals surface area contributed by atoms with Crippen LogP contribution in [0.4, 0.5) is 0 Å². The second-order valence-electron chi connectivity index (χ2n) is 4.42. The van der Waals surface area contributed by atoms with E-state index in [1.165, 1.54) is 18.5 Å². The van der Waals surface area contributed by atoms with Crippen LogP contribution in [0.2, 0.25) is 0 Å². The number of nitrogens with one attached hydrogen (secondary N) is 1. The molecular weight excluding hydrogens is 186 g/mol. The topological polar surface area (TPSA) is 28.2 Å². The first-order chi connectivity index (χ1) is 7.25. The van der Waals surface area contributed by atoms with Gasteiger partial charge in [-0.05, 0) is 44.6 Å². The van der Waals surface area contributed by atoms with Crippen LogP contribution in [0.15, 0.2) is 24.5 Å². The molecule has 3 nitrogen and oxygen atoms in total. The lowest BCUT2D eigenvalue weighted by molar-refractivity contribution is 0.387. The van der Waals surface area contributed by atoms with E-state index in [-0.39, 0.29) is 0 Å². The minimum atomic E-state index is 0.421. The van der Waals surface area contributed by atoms with Gasteiger partial charge in [0, 0.05) is 31.0 Å². The van der Waals surface area contributed by atoms with E-state index in [9.17, 15) is 0 Å². The van der Waals surface area contributed by atoms with Gasteiger partial charge in [-0.15, -0.1) is 0 Å². The SMILES string of the molecule is C[C@H](NC1CCN(C)C1)c1ccncc1. The smallest absolute Gasteiger partial charge is 0.0296 e. The summed E-state index contributed by atoms with van der Waals surface area (Å²) in [6.07, 6.45) is 4.97. The van der Waals surface area contributed by atoms with Crippen LogP contribution in [0.25, 0.3) is 0 Å². The fraction of sp³-hybridized carbons (Fsp3) is 0.583. The lowest BCUT2D eigenvalue weighted by Crippen LogP contribution is -2.33. The summed E-state index contributed by atoms with van der Waals surface area (Å²) in [5, 5.41) is 3.66. The number of nitrogens with zero attached hydrogens (tertiary/aromatic N) is 2. The average molecular weight is 205 g/mol. The van der Waals surface area contributed by atoms with Crippen LogP contribution in [-0.2, 0) is 0 Å². The molecule has 15 heavy (non-hydrogen) atoms. The van der Waals surface area contributed by atoms with Gasteiger partial charge in [-0.1, -0.05) is 0 Å². The number of aromatic nitrogens is 1. The van der Waals surface area contributed by atoms with Crippen molar-refractivity contribution in [3.8, 4) is 0 Å². The molecule has 1 aromatic rings. The first-order valence-electron chi connectivity index (χ1n) is 5.60. The molecule has 0 amide bonds. The Labute approximate surface area is 91.5 Å². The fourth-order valence-corrected chi connectivity index (χ4v) is 2.17. The molecule has 1 N–H and O–H groups in total. The summed E-state index contributed by atoms with van der Waals surface area (Å²) in [7, 11) is 2.18. The molecule has 1 fully saturated rings. The predicted octanol–water partition coefficient (Wildman–Crippen LogP) is 1.44. The van der Waals surface area contributed by atoms with E-state index >= 15 is 0 Å². The molecule has 1 aliphatic rings. The Morgan fingerprint density at radius 3 is 2.80 bits per heavy atom. The van der Waals surface area contributed by atoms with Crippen molar-refractivity contribution in [3.63, 3.8) is 0 Å². The maximum Gasteiger partial charge on any atom is 0.0296 e. The van der Waals surface area contributed by atoms with E-state index in [1.54, 1.807) is 0 Å². The van der Waals surface area contributed by atoms with Crippen LogP contribution in [-0.4, -0.2) is 36.1 Å². The lowest BCUT2D eigenvalue weighted by Gasteiger charge is -2.19. The monoisotopic (exact) mass is 205 g/mol. The second-order valence-corrected chi connectivity index (χ2v) is 4.42. The summed E-state index contributed by atoms with van der Waals surface area (Å²) in [6, 6.07) is 5.22. The summed E-state index contributed by atoms with van der Waals surface area (Å²) >= 11 is 0. The van der Waals surface area contributed by atoms with Crippen molar-refractivity contribution in [3.05, 3.63) is 30.1 Å². The van der Waals surface area contributed by atoms with Crippen molar-refractivity contribution >= 4 is 0 Å². The Morgan fingerprint density at radius 2 is 2.20 bits per heavy atom. The zero-order valence-electron chi connectivity index (χ0n) is 9.48. The van der Waals surface area contributed by atoms with Crippen molar-refractivity contribution in [1.82, 2.24) is 15.2 Å². The lowest BCUT2D eigenvalue weighted by atomic mass is 10.1. The highest BCUT2D eigenvalue weighted by Gasteiger charge is 2.20. The van der Waals surface area contributed by atoms with Crippen molar-refractivity contribution in [2.24, 2.45) is 0 Å². The molecule has 0 aromatic carbocycles. The number of likely N-dealkylation sites (tertiary alicyclic amines) is 1. The summed E-state index contributed by atoms with van der Waals surface area (Å²) in [5.41, 5.74) is 1.32. The predicted molar refractivity (Wildman–Crippen MR) is 61.7 cm³/mol. The van der Waals surface area contributed by atoms with E-state index in [4.69, 9.17) is 0 Å². The normalized spacial score (nSPS) is 24.3. The Bertz CT molecular complexity index is 299. The van der Waals surface area contributed by atoms with E-state index in [0.717, 1.165) is 6.54 Å². The highest BCUT2D eigenvalue weighted by atomic mass is 15.2. The average Bonchev–Trinajstić information content (AvgIpc) is 2.65. The molecule has 1 unspecified atom stereocenters. The van der Waals surface area contributed by atoms with E-state index < -0.39 is 0 Å². The van der Waals surface area contributed by atoms with Crippen LogP contribution >= 0.6 is 0 Å². The van der Waals surface area contributed by atoms with Crippen LogP contribution in [0.5, 0.6) is 0 Å². The van der Waals surface area contributed by atoms with Crippen LogP contribution in [0.1, 0.15) is 24.9 Å². The number of hydrogen-bond acceptors (Lipinski definition) is 3. The van der Waals surface area contributed by atoms with Gasteiger partial charge in [0.05, 0.1) is 0 Å². The number of hydrogen-bond donors (Lipinski definition) is 1. The maximum atomic E-state index is 4.04.